The van der Waals surface area contributed by atoms with Gasteiger partial charge in [0.2, 0.25) is 5.91 Å². The monoisotopic (exact) mass is 340 g/mol. The Kier molecular flexibility index (Phi) is 7.32. The van der Waals surface area contributed by atoms with Crippen LogP contribution in [0, 0.1) is 0 Å². The van der Waals surface area contributed by atoms with Gasteiger partial charge in [-0.15, -0.1) is 12.4 Å². The van der Waals surface area contributed by atoms with Gasteiger partial charge in [-0.05, 0) is 12.5 Å². The largest absolute Gasteiger partial charge is 0.338 e. The van der Waals surface area contributed by atoms with E-state index in [1.165, 1.54) is 0 Å². The number of piperazine rings is 1. The average Bonchev–Trinajstić information content (AvgIpc) is 2.54. The van der Waals surface area contributed by atoms with Crippen LogP contribution in [0.25, 0.3) is 0 Å². The molecule has 0 aromatic heterocycles. The number of amides is 3. The number of rotatable bonds is 3. The summed E-state index contributed by atoms with van der Waals surface area (Å²) in [6.07, 6.45) is 0. The van der Waals surface area contributed by atoms with Gasteiger partial charge in [0.1, 0.15) is 0 Å². The zero-order valence-electron chi connectivity index (χ0n) is 13.6. The van der Waals surface area contributed by atoms with Crippen LogP contribution in [0.2, 0.25) is 0 Å². The smallest absolute Gasteiger partial charge is 0.320 e. The minimum Gasteiger partial charge on any atom is -0.338 e. The van der Waals surface area contributed by atoms with E-state index >= 15 is 0 Å². The molecule has 1 aromatic carbocycles. The van der Waals surface area contributed by atoms with Crippen LogP contribution in [0.15, 0.2) is 30.3 Å². The molecule has 1 fully saturated rings. The van der Waals surface area contributed by atoms with Crippen molar-refractivity contribution in [3.63, 3.8) is 0 Å². The predicted molar refractivity (Wildman–Crippen MR) is 92.4 cm³/mol. The van der Waals surface area contributed by atoms with E-state index < -0.39 is 6.04 Å². The van der Waals surface area contributed by atoms with Crippen molar-refractivity contribution in [2.24, 2.45) is 5.73 Å². The third-order valence-electron chi connectivity index (χ3n) is 3.84. The summed E-state index contributed by atoms with van der Waals surface area (Å²) in [7, 11) is 1.80. The molecule has 6 nitrogen and oxygen atoms in total. The average molecular weight is 341 g/mol. The van der Waals surface area contributed by atoms with Gasteiger partial charge in [-0.3, -0.25) is 4.79 Å². The minimum absolute atomic E-state index is 0. The molecular weight excluding hydrogens is 316 g/mol. The summed E-state index contributed by atoms with van der Waals surface area (Å²) in [5, 5.41) is 0. The Bertz CT molecular complexity index is 516. The van der Waals surface area contributed by atoms with E-state index in [9.17, 15) is 9.59 Å². The molecule has 1 heterocycles. The van der Waals surface area contributed by atoms with Crippen molar-refractivity contribution in [2.75, 3.05) is 33.2 Å². The summed E-state index contributed by atoms with van der Waals surface area (Å²) in [5.41, 5.74) is 6.72. The van der Waals surface area contributed by atoms with E-state index in [2.05, 4.69) is 0 Å². The predicted octanol–water partition coefficient (Wildman–Crippen LogP) is 1.15. The number of carbonyl (C=O) groups is 2. The number of hydrogen-bond donors (Lipinski definition) is 1. The van der Waals surface area contributed by atoms with Crippen LogP contribution in [0.4, 0.5) is 4.79 Å². The van der Waals surface area contributed by atoms with Crippen LogP contribution in [0.5, 0.6) is 0 Å². The number of nitrogens with zero attached hydrogens (tertiary/aromatic N) is 3. The van der Waals surface area contributed by atoms with Crippen LogP contribution in [-0.2, 0) is 11.3 Å². The van der Waals surface area contributed by atoms with E-state index in [1.807, 2.05) is 30.3 Å². The fraction of sp³-hybridized carbons (Fsp3) is 0.500. The molecule has 2 rings (SSSR count). The van der Waals surface area contributed by atoms with Crippen molar-refractivity contribution < 1.29 is 9.59 Å². The van der Waals surface area contributed by atoms with Crippen molar-refractivity contribution in [1.29, 1.82) is 0 Å². The SMILES string of the molecule is C[C@@H](N)C(=O)N1CCN(C(=O)N(C)Cc2ccccc2)CC1.Cl. The maximum atomic E-state index is 12.4. The lowest BCUT2D eigenvalue weighted by atomic mass is 10.2. The Balaban J connectivity index is 0.00000264. The topological polar surface area (TPSA) is 69.9 Å². The first-order chi connectivity index (χ1) is 10.5. The second-order valence-electron chi connectivity index (χ2n) is 5.73. The molecule has 0 aliphatic carbocycles. The Morgan fingerprint density at radius 1 is 1.13 bits per heavy atom. The van der Waals surface area contributed by atoms with Gasteiger partial charge in [0, 0.05) is 39.8 Å². The number of hydrogen-bond acceptors (Lipinski definition) is 3. The first-order valence-corrected chi connectivity index (χ1v) is 7.57. The molecule has 1 aliphatic heterocycles. The van der Waals surface area contributed by atoms with Crippen molar-refractivity contribution in [3.8, 4) is 0 Å². The van der Waals surface area contributed by atoms with Crippen molar-refractivity contribution >= 4 is 24.3 Å². The zero-order chi connectivity index (χ0) is 16.1. The molecule has 2 N–H and O–H groups in total. The van der Waals surface area contributed by atoms with E-state index in [4.69, 9.17) is 5.73 Å². The van der Waals surface area contributed by atoms with Gasteiger partial charge >= 0.3 is 6.03 Å². The second kappa shape index (κ2) is 8.74. The van der Waals surface area contributed by atoms with Gasteiger partial charge in [-0.2, -0.15) is 0 Å². The van der Waals surface area contributed by atoms with Gasteiger partial charge in [-0.1, -0.05) is 30.3 Å². The minimum atomic E-state index is -0.483. The van der Waals surface area contributed by atoms with Crippen LogP contribution in [-0.4, -0.2) is 65.9 Å². The summed E-state index contributed by atoms with van der Waals surface area (Å²) >= 11 is 0. The first-order valence-electron chi connectivity index (χ1n) is 7.57. The lowest BCUT2D eigenvalue weighted by Crippen LogP contribution is -2.55. The van der Waals surface area contributed by atoms with Gasteiger partial charge in [0.15, 0.2) is 0 Å². The highest BCUT2D eigenvalue weighted by Gasteiger charge is 2.26. The lowest BCUT2D eigenvalue weighted by Gasteiger charge is -2.37. The van der Waals surface area contributed by atoms with Gasteiger partial charge in [-0.25, -0.2) is 4.79 Å². The summed E-state index contributed by atoms with van der Waals surface area (Å²) in [4.78, 5) is 29.5. The Hall–Kier alpha value is -1.79. The van der Waals surface area contributed by atoms with Crippen molar-refractivity contribution in [3.05, 3.63) is 35.9 Å². The molecule has 0 bridgehead atoms. The van der Waals surface area contributed by atoms with E-state index in [0.717, 1.165) is 5.56 Å². The molecule has 0 radical (unpaired) electrons. The molecule has 128 valence electrons. The first kappa shape index (κ1) is 19.3. The molecular formula is C16H25ClN4O2. The van der Waals surface area contributed by atoms with Gasteiger partial charge in [0.25, 0.3) is 0 Å². The number of nitrogens with two attached hydrogens (primary N) is 1. The summed E-state index contributed by atoms with van der Waals surface area (Å²) in [6, 6.07) is 9.41. The van der Waals surface area contributed by atoms with Crippen molar-refractivity contribution in [1.82, 2.24) is 14.7 Å². The fourth-order valence-corrected chi connectivity index (χ4v) is 2.57. The van der Waals surface area contributed by atoms with E-state index in [-0.39, 0.29) is 24.3 Å². The molecule has 1 saturated heterocycles. The Morgan fingerprint density at radius 3 is 2.17 bits per heavy atom. The van der Waals surface area contributed by atoms with Crippen LogP contribution >= 0.6 is 12.4 Å². The molecule has 23 heavy (non-hydrogen) atoms. The fourth-order valence-electron chi connectivity index (χ4n) is 2.57. The van der Waals surface area contributed by atoms with Gasteiger partial charge in [0.05, 0.1) is 6.04 Å². The second-order valence-corrected chi connectivity index (χ2v) is 5.73. The third-order valence-corrected chi connectivity index (χ3v) is 3.84. The molecule has 3 amide bonds. The van der Waals surface area contributed by atoms with Crippen LogP contribution in [0.3, 0.4) is 0 Å². The molecule has 0 saturated carbocycles. The molecule has 1 aliphatic rings. The van der Waals surface area contributed by atoms with E-state index in [1.54, 1.807) is 28.7 Å². The number of carbonyl (C=O) groups excluding carboxylic acids is 2. The third kappa shape index (κ3) is 5.11. The standard InChI is InChI=1S/C16H24N4O2.ClH/c1-13(17)15(21)19-8-10-20(11-9-19)16(22)18(2)12-14-6-4-3-5-7-14;/h3-7,13H,8-12,17H2,1-2H3;1H/t13-;/m1./s1. The summed E-state index contributed by atoms with van der Waals surface area (Å²) < 4.78 is 0. The molecule has 0 unspecified atom stereocenters. The lowest BCUT2D eigenvalue weighted by molar-refractivity contribution is -0.133. The normalized spacial score (nSPS) is 15.6. The van der Waals surface area contributed by atoms with Gasteiger partial charge < -0.3 is 20.4 Å². The Morgan fingerprint density at radius 2 is 1.65 bits per heavy atom. The quantitative estimate of drug-likeness (QED) is 0.897. The molecule has 0 spiro atoms. The maximum absolute atomic E-state index is 12.4. The molecule has 7 heteroatoms. The zero-order valence-corrected chi connectivity index (χ0v) is 14.5. The number of urea groups is 1. The van der Waals surface area contributed by atoms with Crippen LogP contribution in [0.1, 0.15) is 12.5 Å². The highest BCUT2D eigenvalue weighted by molar-refractivity contribution is 5.85. The van der Waals surface area contributed by atoms with Crippen LogP contribution < -0.4 is 5.73 Å². The number of benzene rings is 1. The maximum Gasteiger partial charge on any atom is 0.320 e. The summed E-state index contributed by atoms with van der Waals surface area (Å²) in [6.45, 7) is 4.47. The summed E-state index contributed by atoms with van der Waals surface area (Å²) in [5.74, 6) is -0.0512. The highest BCUT2D eigenvalue weighted by atomic mass is 35.5. The molecule has 1 atom stereocenters. The Labute approximate surface area is 143 Å². The molecule has 1 aromatic rings. The number of halogens is 1. The highest BCUT2D eigenvalue weighted by Crippen LogP contribution is 2.09. The van der Waals surface area contributed by atoms with Crippen molar-refractivity contribution in [2.45, 2.75) is 19.5 Å². The van der Waals surface area contributed by atoms with E-state index in [0.29, 0.717) is 32.7 Å².